The number of ether oxygens (including phenoxy) is 2. The largest absolute Gasteiger partial charge is 0.494 e. The van der Waals surface area contributed by atoms with E-state index >= 15 is 0 Å². The molecule has 5 nitrogen and oxygen atoms in total. The number of hydrogen-bond donors (Lipinski definition) is 0. The first-order chi connectivity index (χ1) is 12.2. The van der Waals surface area contributed by atoms with E-state index in [1.165, 1.54) is 30.6 Å². The molecule has 0 unspecified atom stereocenters. The molecule has 1 aromatic carbocycles. The lowest BCUT2D eigenvalue weighted by atomic mass is 10.2. The maximum absolute atomic E-state index is 13.6. The molecule has 128 valence electrons. The standard InChI is InChI=1S/C18H15FN2O3S/c1-23-16-5-4-12(7-15(16)19)10-24-17(22)8-14-11-25-18(21-14)13-3-2-6-20-9-13/h2-7,9,11H,8,10H2,1H3. The molecule has 3 rings (SSSR count). The summed E-state index contributed by atoms with van der Waals surface area (Å²) in [4.78, 5) is 20.4. The number of nitrogens with zero attached hydrogens (tertiary/aromatic N) is 2. The van der Waals surface area contributed by atoms with E-state index in [-0.39, 0.29) is 18.8 Å². The van der Waals surface area contributed by atoms with Crippen molar-refractivity contribution in [3.8, 4) is 16.3 Å². The minimum atomic E-state index is -0.489. The monoisotopic (exact) mass is 358 g/mol. The van der Waals surface area contributed by atoms with Crippen LogP contribution in [0.4, 0.5) is 4.39 Å². The molecule has 0 amide bonds. The highest BCUT2D eigenvalue weighted by atomic mass is 32.1. The third-order valence-electron chi connectivity index (χ3n) is 3.40. The summed E-state index contributed by atoms with van der Waals surface area (Å²) in [6, 6.07) is 8.18. The molecule has 0 radical (unpaired) electrons. The van der Waals surface area contributed by atoms with Gasteiger partial charge in [0.15, 0.2) is 11.6 Å². The lowest BCUT2D eigenvalue weighted by Crippen LogP contribution is -2.08. The summed E-state index contributed by atoms with van der Waals surface area (Å²) < 4.78 is 23.6. The van der Waals surface area contributed by atoms with Crippen LogP contribution in [0.15, 0.2) is 48.1 Å². The molecule has 0 atom stereocenters. The maximum atomic E-state index is 13.6. The Morgan fingerprint density at radius 3 is 2.92 bits per heavy atom. The van der Waals surface area contributed by atoms with Gasteiger partial charge >= 0.3 is 5.97 Å². The quantitative estimate of drug-likeness (QED) is 0.630. The zero-order chi connectivity index (χ0) is 17.6. The number of benzene rings is 1. The smallest absolute Gasteiger partial charge is 0.312 e. The lowest BCUT2D eigenvalue weighted by Gasteiger charge is -2.06. The van der Waals surface area contributed by atoms with Gasteiger partial charge in [0.1, 0.15) is 11.6 Å². The molecule has 0 saturated heterocycles. The van der Waals surface area contributed by atoms with E-state index in [4.69, 9.17) is 9.47 Å². The Kier molecular flexibility index (Phi) is 5.35. The highest BCUT2D eigenvalue weighted by Crippen LogP contribution is 2.23. The van der Waals surface area contributed by atoms with Crippen molar-refractivity contribution < 1.29 is 18.7 Å². The first-order valence-corrected chi connectivity index (χ1v) is 8.36. The molecule has 0 saturated carbocycles. The van der Waals surface area contributed by atoms with Crippen LogP contribution in [-0.4, -0.2) is 23.0 Å². The van der Waals surface area contributed by atoms with Crippen LogP contribution in [0, 0.1) is 5.82 Å². The molecule has 25 heavy (non-hydrogen) atoms. The molecular formula is C18H15FN2O3S. The second kappa shape index (κ2) is 7.85. The molecule has 2 heterocycles. The van der Waals surface area contributed by atoms with Gasteiger partial charge in [-0.25, -0.2) is 9.37 Å². The van der Waals surface area contributed by atoms with E-state index in [0.717, 1.165) is 10.6 Å². The fourth-order valence-corrected chi connectivity index (χ4v) is 2.98. The summed E-state index contributed by atoms with van der Waals surface area (Å²) in [6.07, 6.45) is 3.48. The van der Waals surface area contributed by atoms with Crippen molar-refractivity contribution in [3.63, 3.8) is 0 Å². The van der Waals surface area contributed by atoms with Gasteiger partial charge in [-0.2, -0.15) is 0 Å². The predicted octanol–water partition coefficient (Wildman–Crippen LogP) is 3.64. The highest BCUT2D eigenvalue weighted by molar-refractivity contribution is 7.13. The third-order valence-corrected chi connectivity index (χ3v) is 4.34. The average Bonchev–Trinajstić information content (AvgIpc) is 3.09. The number of pyridine rings is 1. The van der Waals surface area contributed by atoms with E-state index in [1.807, 2.05) is 17.5 Å². The van der Waals surface area contributed by atoms with Crippen LogP contribution in [0.2, 0.25) is 0 Å². The van der Waals surface area contributed by atoms with Crippen LogP contribution in [-0.2, 0) is 22.6 Å². The zero-order valence-electron chi connectivity index (χ0n) is 13.4. The first-order valence-electron chi connectivity index (χ1n) is 7.48. The Hall–Kier alpha value is -2.80. The number of hydrogen-bond acceptors (Lipinski definition) is 6. The summed E-state index contributed by atoms with van der Waals surface area (Å²) in [5.74, 6) is -0.753. The fourth-order valence-electron chi connectivity index (χ4n) is 2.17. The van der Waals surface area contributed by atoms with Crippen molar-refractivity contribution in [3.05, 3.63) is 65.2 Å². The predicted molar refractivity (Wildman–Crippen MR) is 91.8 cm³/mol. The molecule has 0 N–H and O–H groups in total. The van der Waals surface area contributed by atoms with Crippen molar-refractivity contribution in [2.75, 3.05) is 7.11 Å². The van der Waals surface area contributed by atoms with Gasteiger partial charge in [0, 0.05) is 23.3 Å². The van der Waals surface area contributed by atoms with Crippen LogP contribution >= 0.6 is 11.3 Å². The molecule has 0 aliphatic heterocycles. The number of rotatable bonds is 6. The van der Waals surface area contributed by atoms with Gasteiger partial charge in [0.2, 0.25) is 0 Å². The molecule has 2 aromatic heterocycles. The van der Waals surface area contributed by atoms with Gasteiger partial charge < -0.3 is 9.47 Å². The van der Waals surface area contributed by atoms with Crippen molar-refractivity contribution in [2.24, 2.45) is 0 Å². The Balaban J connectivity index is 1.56. The van der Waals surface area contributed by atoms with E-state index in [2.05, 4.69) is 9.97 Å². The topological polar surface area (TPSA) is 61.3 Å². The number of halogens is 1. The molecule has 3 aromatic rings. The van der Waals surface area contributed by atoms with Crippen molar-refractivity contribution in [1.82, 2.24) is 9.97 Å². The summed E-state index contributed by atoms with van der Waals surface area (Å²) in [5.41, 5.74) is 2.09. The van der Waals surface area contributed by atoms with E-state index in [1.54, 1.807) is 18.5 Å². The number of methoxy groups -OCH3 is 1. The van der Waals surface area contributed by atoms with Crippen molar-refractivity contribution >= 4 is 17.3 Å². The van der Waals surface area contributed by atoms with E-state index < -0.39 is 11.8 Å². The molecule has 0 bridgehead atoms. The maximum Gasteiger partial charge on any atom is 0.312 e. The van der Waals surface area contributed by atoms with E-state index in [9.17, 15) is 9.18 Å². The third kappa shape index (κ3) is 4.39. The minimum Gasteiger partial charge on any atom is -0.494 e. The Morgan fingerprint density at radius 1 is 1.32 bits per heavy atom. The molecule has 0 aliphatic carbocycles. The second-order valence-electron chi connectivity index (χ2n) is 5.19. The summed E-state index contributed by atoms with van der Waals surface area (Å²) >= 11 is 1.44. The number of thiazole rings is 1. The summed E-state index contributed by atoms with van der Waals surface area (Å²) in [7, 11) is 1.39. The van der Waals surface area contributed by atoms with Gasteiger partial charge in [-0.15, -0.1) is 11.3 Å². The number of aromatic nitrogens is 2. The molecular weight excluding hydrogens is 343 g/mol. The van der Waals surface area contributed by atoms with Crippen LogP contribution in [0.3, 0.4) is 0 Å². The second-order valence-corrected chi connectivity index (χ2v) is 6.05. The van der Waals surface area contributed by atoms with Gasteiger partial charge in [-0.05, 0) is 29.8 Å². The molecule has 0 spiro atoms. The Morgan fingerprint density at radius 2 is 2.20 bits per heavy atom. The zero-order valence-corrected chi connectivity index (χ0v) is 14.3. The molecule has 7 heteroatoms. The Labute approximate surface area is 148 Å². The number of carbonyl (C=O) groups excluding carboxylic acids is 1. The van der Waals surface area contributed by atoms with Crippen LogP contribution in [0.5, 0.6) is 5.75 Å². The van der Waals surface area contributed by atoms with Gasteiger partial charge in [-0.3, -0.25) is 9.78 Å². The van der Waals surface area contributed by atoms with Crippen LogP contribution < -0.4 is 4.74 Å². The first kappa shape index (κ1) is 17.0. The fraction of sp³-hybridized carbons (Fsp3) is 0.167. The normalized spacial score (nSPS) is 10.5. The van der Waals surface area contributed by atoms with Crippen molar-refractivity contribution in [1.29, 1.82) is 0 Å². The molecule has 0 aliphatic rings. The van der Waals surface area contributed by atoms with Gasteiger partial charge in [0.05, 0.1) is 19.2 Å². The minimum absolute atomic E-state index is 0.000648. The number of carbonyl (C=O) groups is 1. The summed E-state index contributed by atoms with van der Waals surface area (Å²) in [5, 5.41) is 2.62. The summed E-state index contributed by atoms with van der Waals surface area (Å²) in [6.45, 7) is -0.000648. The van der Waals surface area contributed by atoms with Gasteiger partial charge in [0.25, 0.3) is 0 Å². The lowest BCUT2D eigenvalue weighted by molar-refractivity contribution is -0.144. The highest BCUT2D eigenvalue weighted by Gasteiger charge is 2.11. The Bertz CT molecular complexity index is 868. The van der Waals surface area contributed by atoms with Gasteiger partial charge in [-0.1, -0.05) is 6.07 Å². The SMILES string of the molecule is COc1ccc(COC(=O)Cc2csc(-c3cccnc3)n2)cc1F. The van der Waals surface area contributed by atoms with Crippen LogP contribution in [0.25, 0.3) is 10.6 Å². The average molecular weight is 358 g/mol. The van der Waals surface area contributed by atoms with E-state index in [0.29, 0.717) is 11.3 Å². The molecule has 0 fully saturated rings. The number of esters is 1. The van der Waals surface area contributed by atoms with Crippen molar-refractivity contribution in [2.45, 2.75) is 13.0 Å². The van der Waals surface area contributed by atoms with Crippen LogP contribution in [0.1, 0.15) is 11.3 Å².